The largest absolute Gasteiger partial charge is 0.486 e. The number of benzene rings is 2. The molecule has 1 heterocycles. The molecular weight excluding hydrogens is 399 g/mol. The highest BCUT2D eigenvalue weighted by Gasteiger charge is 2.16. The van der Waals surface area contributed by atoms with Crippen molar-refractivity contribution >= 4 is 44.9 Å². The summed E-state index contributed by atoms with van der Waals surface area (Å²) in [4.78, 5) is 12.2. The lowest BCUT2D eigenvalue weighted by Crippen LogP contribution is -2.34. The molecule has 24 heavy (non-hydrogen) atoms. The first-order valence-electron chi connectivity index (χ1n) is 7.00. The summed E-state index contributed by atoms with van der Waals surface area (Å²) in [6.07, 6.45) is 0. The summed E-state index contributed by atoms with van der Waals surface area (Å²) in [6.45, 7) is 0.909. The normalized spacial score (nSPS) is 12.4. The highest BCUT2D eigenvalue weighted by atomic mass is 79.9. The van der Waals surface area contributed by atoms with Crippen LogP contribution in [0.3, 0.4) is 0 Å². The molecule has 0 saturated carbocycles. The number of halogens is 2. The van der Waals surface area contributed by atoms with Gasteiger partial charge in [0.15, 0.2) is 16.6 Å². The maximum absolute atomic E-state index is 13.8. The predicted molar refractivity (Wildman–Crippen MR) is 95.2 cm³/mol. The van der Waals surface area contributed by atoms with E-state index in [1.165, 1.54) is 12.1 Å². The van der Waals surface area contributed by atoms with Gasteiger partial charge in [0.2, 0.25) is 0 Å². The molecule has 1 amide bonds. The van der Waals surface area contributed by atoms with Crippen LogP contribution in [0.25, 0.3) is 0 Å². The van der Waals surface area contributed by atoms with Crippen molar-refractivity contribution in [2.45, 2.75) is 0 Å². The average molecular weight is 411 g/mol. The van der Waals surface area contributed by atoms with Crippen molar-refractivity contribution in [3.05, 3.63) is 52.3 Å². The van der Waals surface area contributed by atoms with Gasteiger partial charge in [-0.1, -0.05) is 15.9 Å². The van der Waals surface area contributed by atoms with Gasteiger partial charge in [0, 0.05) is 10.0 Å². The van der Waals surface area contributed by atoms with Gasteiger partial charge < -0.3 is 14.8 Å². The molecule has 0 saturated heterocycles. The molecule has 1 aliphatic rings. The number of amides is 1. The first kappa shape index (κ1) is 16.7. The zero-order valence-electron chi connectivity index (χ0n) is 12.3. The fourth-order valence-corrected chi connectivity index (χ4v) is 2.64. The van der Waals surface area contributed by atoms with Gasteiger partial charge in [-0.2, -0.15) is 0 Å². The Morgan fingerprint density at radius 2 is 1.88 bits per heavy atom. The van der Waals surface area contributed by atoms with E-state index in [0.29, 0.717) is 34.7 Å². The minimum Gasteiger partial charge on any atom is -0.486 e. The van der Waals surface area contributed by atoms with Crippen LogP contribution in [-0.4, -0.2) is 24.2 Å². The molecule has 1 aliphatic heterocycles. The monoisotopic (exact) mass is 410 g/mol. The zero-order valence-corrected chi connectivity index (χ0v) is 14.7. The Hall–Kier alpha value is -2.19. The van der Waals surface area contributed by atoms with Crippen LogP contribution in [0.4, 0.5) is 10.1 Å². The highest BCUT2D eigenvalue weighted by molar-refractivity contribution is 9.10. The van der Waals surface area contributed by atoms with Crippen LogP contribution >= 0.6 is 28.1 Å². The van der Waals surface area contributed by atoms with E-state index in [0.717, 1.165) is 0 Å². The Labute approximate surface area is 151 Å². The summed E-state index contributed by atoms with van der Waals surface area (Å²) in [5, 5.41) is 5.14. The Balaban J connectivity index is 1.67. The van der Waals surface area contributed by atoms with Gasteiger partial charge in [0.05, 0.1) is 5.69 Å². The molecule has 2 N–H and O–H groups in total. The number of carbonyl (C=O) groups is 1. The van der Waals surface area contributed by atoms with E-state index in [1.807, 2.05) is 0 Å². The molecule has 0 unspecified atom stereocenters. The second kappa shape index (κ2) is 7.14. The molecule has 8 heteroatoms. The second-order valence-electron chi connectivity index (χ2n) is 4.89. The maximum Gasteiger partial charge on any atom is 0.257 e. The van der Waals surface area contributed by atoms with Crippen molar-refractivity contribution in [2.75, 3.05) is 18.5 Å². The number of nitrogens with one attached hydrogen (secondary N) is 2. The average Bonchev–Trinajstić information content (AvgIpc) is 2.57. The lowest BCUT2D eigenvalue weighted by Gasteiger charge is -2.18. The number of rotatable bonds is 2. The highest BCUT2D eigenvalue weighted by Crippen LogP contribution is 2.30. The lowest BCUT2D eigenvalue weighted by molar-refractivity contribution is 0.0976. The van der Waals surface area contributed by atoms with E-state index >= 15 is 0 Å². The molecule has 0 fully saturated rings. The van der Waals surface area contributed by atoms with E-state index in [9.17, 15) is 9.18 Å². The van der Waals surface area contributed by atoms with Crippen LogP contribution in [0.5, 0.6) is 11.5 Å². The van der Waals surface area contributed by atoms with Gasteiger partial charge in [0.1, 0.15) is 19.0 Å². The van der Waals surface area contributed by atoms with Crippen LogP contribution in [0.15, 0.2) is 40.9 Å². The zero-order chi connectivity index (χ0) is 17.1. The molecule has 0 bridgehead atoms. The van der Waals surface area contributed by atoms with E-state index in [-0.39, 0.29) is 10.8 Å². The quantitative estimate of drug-likeness (QED) is 0.742. The summed E-state index contributed by atoms with van der Waals surface area (Å²) in [5.41, 5.74) is 0.533. The summed E-state index contributed by atoms with van der Waals surface area (Å²) in [6, 6.07) is 9.32. The minimum absolute atomic E-state index is 0.00360. The SMILES string of the molecule is O=C(NC(=S)Nc1ccc(Br)cc1F)c1ccc2c(c1)OCCO2. The van der Waals surface area contributed by atoms with Crippen LogP contribution in [-0.2, 0) is 0 Å². The molecular formula is C16H12BrFN2O3S. The van der Waals surface area contributed by atoms with Gasteiger partial charge in [-0.25, -0.2) is 4.39 Å². The van der Waals surface area contributed by atoms with Gasteiger partial charge in [-0.15, -0.1) is 0 Å². The summed E-state index contributed by atoms with van der Waals surface area (Å²) >= 11 is 8.22. The van der Waals surface area contributed by atoms with Crippen molar-refractivity contribution in [3.63, 3.8) is 0 Å². The van der Waals surface area contributed by atoms with Gasteiger partial charge in [-0.05, 0) is 48.6 Å². The first-order valence-corrected chi connectivity index (χ1v) is 8.20. The lowest BCUT2D eigenvalue weighted by atomic mass is 10.2. The van der Waals surface area contributed by atoms with Crippen LogP contribution < -0.4 is 20.1 Å². The van der Waals surface area contributed by atoms with Crippen molar-refractivity contribution in [2.24, 2.45) is 0 Å². The number of hydrogen-bond acceptors (Lipinski definition) is 4. The van der Waals surface area contributed by atoms with E-state index in [1.54, 1.807) is 24.3 Å². The fourth-order valence-electron chi connectivity index (χ4n) is 2.10. The number of ether oxygens (including phenoxy) is 2. The molecule has 3 rings (SSSR count). The van der Waals surface area contributed by atoms with Gasteiger partial charge >= 0.3 is 0 Å². The molecule has 2 aromatic rings. The van der Waals surface area contributed by atoms with Crippen LogP contribution in [0.1, 0.15) is 10.4 Å². The molecule has 0 atom stereocenters. The number of thiocarbonyl (C=S) groups is 1. The van der Waals surface area contributed by atoms with Crippen LogP contribution in [0.2, 0.25) is 0 Å². The Morgan fingerprint density at radius 1 is 1.12 bits per heavy atom. The predicted octanol–water partition coefficient (Wildman–Crippen LogP) is 3.49. The molecule has 0 aromatic heterocycles. The molecule has 124 valence electrons. The third-order valence-electron chi connectivity index (χ3n) is 3.21. The Kier molecular flexibility index (Phi) is 4.96. The van der Waals surface area contributed by atoms with Crippen molar-refractivity contribution in [1.82, 2.24) is 5.32 Å². The first-order chi connectivity index (χ1) is 11.5. The third-order valence-corrected chi connectivity index (χ3v) is 3.91. The number of anilines is 1. The molecule has 0 aliphatic carbocycles. The topological polar surface area (TPSA) is 59.6 Å². The van der Waals surface area contributed by atoms with E-state index in [4.69, 9.17) is 21.7 Å². The Bertz CT molecular complexity index is 816. The molecule has 0 radical (unpaired) electrons. The Morgan fingerprint density at radius 3 is 2.62 bits per heavy atom. The maximum atomic E-state index is 13.8. The second-order valence-corrected chi connectivity index (χ2v) is 6.21. The summed E-state index contributed by atoms with van der Waals surface area (Å²) < 4.78 is 25.2. The van der Waals surface area contributed by atoms with E-state index in [2.05, 4.69) is 26.6 Å². The summed E-state index contributed by atoms with van der Waals surface area (Å²) in [5.74, 6) is 0.185. The fraction of sp³-hybridized carbons (Fsp3) is 0.125. The van der Waals surface area contributed by atoms with Crippen LogP contribution in [0, 0.1) is 5.82 Å². The summed E-state index contributed by atoms with van der Waals surface area (Å²) in [7, 11) is 0. The molecule has 0 spiro atoms. The van der Waals surface area contributed by atoms with Gasteiger partial charge in [-0.3, -0.25) is 10.1 Å². The molecule has 2 aromatic carbocycles. The van der Waals surface area contributed by atoms with Gasteiger partial charge in [0.25, 0.3) is 5.91 Å². The number of hydrogen-bond donors (Lipinski definition) is 2. The number of fused-ring (bicyclic) bond motifs is 1. The molecule has 5 nitrogen and oxygen atoms in total. The van der Waals surface area contributed by atoms with Crippen molar-refractivity contribution in [3.8, 4) is 11.5 Å². The van der Waals surface area contributed by atoms with Crippen molar-refractivity contribution < 1.29 is 18.7 Å². The smallest absolute Gasteiger partial charge is 0.257 e. The minimum atomic E-state index is -0.486. The standard InChI is InChI=1S/C16H12BrFN2O3S/c17-10-2-3-12(11(18)8-10)19-16(24)20-15(21)9-1-4-13-14(7-9)23-6-5-22-13/h1-4,7-8H,5-6H2,(H2,19,20,21,24). The van der Waals surface area contributed by atoms with E-state index < -0.39 is 11.7 Å². The number of carbonyl (C=O) groups excluding carboxylic acids is 1. The third kappa shape index (κ3) is 3.82. The van der Waals surface area contributed by atoms with Crippen molar-refractivity contribution in [1.29, 1.82) is 0 Å².